The second kappa shape index (κ2) is 6.26. The molecule has 3 heteroatoms. The zero-order chi connectivity index (χ0) is 12.1. The van der Waals surface area contributed by atoms with Gasteiger partial charge in [0.25, 0.3) is 0 Å². The van der Waals surface area contributed by atoms with E-state index in [1.807, 2.05) is 32.0 Å². The first-order valence-corrected chi connectivity index (χ1v) is 6.34. The zero-order valence-electron chi connectivity index (χ0n) is 10.0. The highest BCUT2D eigenvalue weighted by atomic mass is 79.9. The van der Waals surface area contributed by atoms with Crippen molar-refractivity contribution in [3.8, 4) is 5.75 Å². The van der Waals surface area contributed by atoms with Gasteiger partial charge in [-0.25, -0.2) is 0 Å². The fraction of sp³-hybridized carbons (Fsp3) is 0.538. The summed E-state index contributed by atoms with van der Waals surface area (Å²) in [7, 11) is 1.66. The van der Waals surface area contributed by atoms with E-state index in [1.54, 1.807) is 7.11 Å². The van der Waals surface area contributed by atoms with Crippen LogP contribution >= 0.6 is 15.9 Å². The van der Waals surface area contributed by atoms with E-state index in [1.165, 1.54) is 5.56 Å². The number of hydrogen-bond donors (Lipinski definition) is 1. The Hall–Kier alpha value is -0.540. The molecule has 0 saturated heterocycles. The van der Waals surface area contributed by atoms with E-state index < -0.39 is 0 Å². The van der Waals surface area contributed by atoms with Crippen molar-refractivity contribution in [3.63, 3.8) is 0 Å². The molecule has 0 spiro atoms. The number of methoxy groups -OCH3 is 1. The quantitative estimate of drug-likeness (QED) is 0.899. The lowest BCUT2D eigenvalue weighted by Crippen LogP contribution is -2.15. The lowest BCUT2D eigenvalue weighted by atomic mass is 9.99. The number of rotatable bonds is 5. The third kappa shape index (κ3) is 3.80. The number of hydrogen-bond acceptors (Lipinski definition) is 2. The van der Waals surface area contributed by atoms with Gasteiger partial charge in [-0.3, -0.25) is 0 Å². The third-order valence-corrected chi connectivity index (χ3v) is 3.51. The van der Waals surface area contributed by atoms with Crippen LogP contribution in [0.3, 0.4) is 0 Å². The maximum Gasteiger partial charge on any atom is 0.119 e. The molecule has 0 aromatic heterocycles. The molecule has 0 saturated carbocycles. The van der Waals surface area contributed by atoms with Gasteiger partial charge < -0.3 is 9.84 Å². The van der Waals surface area contributed by atoms with Crippen molar-refractivity contribution in [2.75, 3.05) is 7.11 Å². The third-order valence-electron chi connectivity index (χ3n) is 2.73. The SMILES string of the molecule is COc1ccc(Br)c(CCC(O)C(C)C)c1. The van der Waals surface area contributed by atoms with Crippen molar-refractivity contribution in [2.45, 2.75) is 32.8 Å². The minimum absolute atomic E-state index is 0.238. The van der Waals surface area contributed by atoms with Crippen LogP contribution in [-0.2, 0) is 6.42 Å². The summed E-state index contributed by atoms with van der Waals surface area (Å²) in [5.74, 6) is 1.17. The first-order chi connectivity index (χ1) is 7.54. The predicted octanol–water partition coefficient (Wildman–Crippen LogP) is 3.41. The Kier molecular flexibility index (Phi) is 5.29. The Morgan fingerprint density at radius 2 is 2.06 bits per heavy atom. The number of benzene rings is 1. The highest BCUT2D eigenvalue weighted by molar-refractivity contribution is 9.10. The van der Waals surface area contributed by atoms with Gasteiger partial charge in [0, 0.05) is 4.47 Å². The zero-order valence-corrected chi connectivity index (χ0v) is 11.6. The van der Waals surface area contributed by atoms with Crippen molar-refractivity contribution in [1.82, 2.24) is 0 Å². The Morgan fingerprint density at radius 1 is 1.38 bits per heavy atom. The van der Waals surface area contributed by atoms with Gasteiger partial charge in [-0.15, -0.1) is 0 Å². The standard InChI is InChI=1S/C13H19BrO2/c1-9(2)13(15)7-4-10-8-11(16-3)5-6-12(10)14/h5-6,8-9,13,15H,4,7H2,1-3H3. The number of ether oxygens (including phenoxy) is 1. The second-order valence-electron chi connectivity index (χ2n) is 4.31. The minimum atomic E-state index is -0.238. The summed E-state index contributed by atoms with van der Waals surface area (Å²) in [5, 5.41) is 9.76. The van der Waals surface area contributed by atoms with Crippen LogP contribution < -0.4 is 4.74 Å². The number of aliphatic hydroxyl groups excluding tert-OH is 1. The smallest absolute Gasteiger partial charge is 0.119 e. The molecule has 1 aromatic rings. The average Bonchev–Trinajstić information content (AvgIpc) is 2.27. The molecule has 1 atom stereocenters. The first kappa shape index (κ1) is 13.5. The molecule has 0 aliphatic carbocycles. The van der Waals surface area contributed by atoms with Gasteiger partial charge in [-0.05, 0) is 42.5 Å². The van der Waals surface area contributed by atoms with Crippen LogP contribution in [0.1, 0.15) is 25.8 Å². The molecule has 0 fully saturated rings. The lowest BCUT2D eigenvalue weighted by Gasteiger charge is -2.15. The number of aliphatic hydroxyl groups is 1. The van der Waals surface area contributed by atoms with Crippen LogP contribution in [0.25, 0.3) is 0 Å². The van der Waals surface area contributed by atoms with E-state index in [0.717, 1.165) is 23.1 Å². The summed E-state index contributed by atoms with van der Waals surface area (Å²) in [4.78, 5) is 0. The predicted molar refractivity (Wildman–Crippen MR) is 69.9 cm³/mol. The Balaban J connectivity index is 2.65. The molecule has 0 aliphatic heterocycles. The topological polar surface area (TPSA) is 29.5 Å². The number of aryl methyl sites for hydroxylation is 1. The molecule has 16 heavy (non-hydrogen) atoms. The molecule has 1 unspecified atom stereocenters. The van der Waals surface area contributed by atoms with Crippen molar-refractivity contribution < 1.29 is 9.84 Å². The summed E-state index contributed by atoms with van der Waals surface area (Å²) < 4.78 is 6.25. The average molecular weight is 287 g/mol. The van der Waals surface area contributed by atoms with E-state index in [2.05, 4.69) is 15.9 Å². The molecule has 0 amide bonds. The summed E-state index contributed by atoms with van der Waals surface area (Å²) in [6, 6.07) is 5.92. The van der Waals surface area contributed by atoms with Crippen LogP contribution in [-0.4, -0.2) is 18.3 Å². The van der Waals surface area contributed by atoms with E-state index in [9.17, 15) is 5.11 Å². The van der Waals surface area contributed by atoms with Gasteiger partial charge in [-0.1, -0.05) is 29.8 Å². The Morgan fingerprint density at radius 3 is 2.62 bits per heavy atom. The van der Waals surface area contributed by atoms with Gasteiger partial charge in [-0.2, -0.15) is 0 Å². The normalized spacial score (nSPS) is 12.9. The van der Waals surface area contributed by atoms with Crippen LogP contribution in [0.2, 0.25) is 0 Å². The molecular formula is C13H19BrO2. The van der Waals surface area contributed by atoms with Gasteiger partial charge >= 0.3 is 0 Å². The fourth-order valence-electron chi connectivity index (χ4n) is 1.51. The summed E-state index contributed by atoms with van der Waals surface area (Å²) >= 11 is 3.51. The molecule has 1 rings (SSSR count). The van der Waals surface area contributed by atoms with Crippen LogP contribution in [0.15, 0.2) is 22.7 Å². The van der Waals surface area contributed by atoms with Gasteiger partial charge in [0.15, 0.2) is 0 Å². The van der Waals surface area contributed by atoms with Gasteiger partial charge in [0.2, 0.25) is 0 Å². The molecule has 2 nitrogen and oxygen atoms in total. The molecule has 0 heterocycles. The van der Waals surface area contributed by atoms with E-state index >= 15 is 0 Å². The Bertz CT molecular complexity index is 337. The summed E-state index contributed by atoms with van der Waals surface area (Å²) in [6.07, 6.45) is 1.40. The lowest BCUT2D eigenvalue weighted by molar-refractivity contribution is 0.116. The van der Waals surface area contributed by atoms with Crippen LogP contribution in [0.5, 0.6) is 5.75 Å². The summed E-state index contributed by atoms with van der Waals surface area (Å²) in [5.41, 5.74) is 1.18. The Labute approximate surface area is 106 Å². The molecule has 0 aliphatic rings. The van der Waals surface area contributed by atoms with Crippen molar-refractivity contribution in [2.24, 2.45) is 5.92 Å². The highest BCUT2D eigenvalue weighted by Crippen LogP contribution is 2.24. The van der Waals surface area contributed by atoms with Gasteiger partial charge in [0.1, 0.15) is 5.75 Å². The maximum atomic E-state index is 9.76. The largest absolute Gasteiger partial charge is 0.497 e. The molecule has 1 aromatic carbocycles. The van der Waals surface area contributed by atoms with Crippen molar-refractivity contribution in [1.29, 1.82) is 0 Å². The fourth-order valence-corrected chi connectivity index (χ4v) is 1.95. The minimum Gasteiger partial charge on any atom is -0.497 e. The molecule has 0 radical (unpaired) electrons. The monoisotopic (exact) mass is 286 g/mol. The molecule has 90 valence electrons. The van der Waals surface area contributed by atoms with Gasteiger partial charge in [0.05, 0.1) is 13.2 Å². The van der Waals surface area contributed by atoms with E-state index in [4.69, 9.17) is 4.74 Å². The van der Waals surface area contributed by atoms with E-state index in [-0.39, 0.29) is 6.10 Å². The van der Waals surface area contributed by atoms with Crippen molar-refractivity contribution in [3.05, 3.63) is 28.2 Å². The maximum absolute atomic E-state index is 9.76. The van der Waals surface area contributed by atoms with Crippen LogP contribution in [0.4, 0.5) is 0 Å². The van der Waals surface area contributed by atoms with E-state index in [0.29, 0.717) is 5.92 Å². The molecular weight excluding hydrogens is 268 g/mol. The van der Waals surface area contributed by atoms with Crippen molar-refractivity contribution >= 4 is 15.9 Å². The summed E-state index contributed by atoms with van der Waals surface area (Å²) in [6.45, 7) is 4.07. The second-order valence-corrected chi connectivity index (χ2v) is 5.16. The molecule has 1 N–H and O–H groups in total. The molecule has 0 bridgehead atoms. The number of halogens is 1. The highest BCUT2D eigenvalue weighted by Gasteiger charge is 2.10. The first-order valence-electron chi connectivity index (χ1n) is 5.55. The van der Waals surface area contributed by atoms with Crippen LogP contribution in [0, 0.1) is 5.92 Å².